The fourth-order valence-electron chi connectivity index (χ4n) is 10.0. The number of thiophene rings is 1. The van der Waals surface area contributed by atoms with Gasteiger partial charge in [-0.15, -0.1) is 11.3 Å². The smallest absolute Gasteiger partial charge is 0.235 e. The summed E-state index contributed by atoms with van der Waals surface area (Å²) >= 11 is 1.83. The quantitative estimate of drug-likeness (QED) is 0.178. The van der Waals surface area contributed by atoms with E-state index in [1.807, 2.05) is 17.4 Å². The van der Waals surface area contributed by atoms with Gasteiger partial charge in [-0.2, -0.15) is 0 Å². The molecular weight excluding hydrogens is 777 g/mol. The maximum absolute atomic E-state index is 6.93. The fourth-order valence-corrected chi connectivity index (χ4v) is 11.1. The Kier molecular flexibility index (Phi) is 6.92. The zero-order chi connectivity index (χ0) is 40.5. The van der Waals surface area contributed by atoms with Gasteiger partial charge in [0.25, 0.3) is 0 Å². The zero-order valence-corrected chi connectivity index (χ0v) is 33.9. The first-order valence-electron chi connectivity index (χ1n) is 20.9. The van der Waals surface area contributed by atoms with Gasteiger partial charge in [0.1, 0.15) is 11.1 Å². The van der Waals surface area contributed by atoms with Crippen LogP contribution in [0.25, 0.3) is 131 Å². The first-order valence-corrected chi connectivity index (χ1v) is 21.7. The lowest BCUT2D eigenvalue weighted by molar-refractivity contribution is 0.671. The van der Waals surface area contributed by atoms with E-state index in [0.29, 0.717) is 5.95 Å². The molecular formula is C56H32N4OS. The predicted molar refractivity (Wildman–Crippen MR) is 259 cm³/mol. The number of fused-ring (bicyclic) bond motifs is 14. The number of rotatable bonds is 4. The Morgan fingerprint density at radius 1 is 0.419 bits per heavy atom. The summed E-state index contributed by atoms with van der Waals surface area (Å²) in [7, 11) is 0. The Morgan fingerprint density at radius 3 is 1.94 bits per heavy atom. The van der Waals surface area contributed by atoms with Crippen molar-refractivity contribution in [3.63, 3.8) is 0 Å². The molecule has 0 unspecified atom stereocenters. The van der Waals surface area contributed by atoms with Gasteiger partial charge in [0, 0.05) is 69.1 Å². The molecule has 0 aliphatic heterocycles. The maximum atomic E-state index is 6.93. The molecule has 0 radical (unpaired) electrons. The Bertz CT molecular complexity index is 4170. The van der Waals surface area contributed by atoms with Crippen LogP contribution >= 0.6 is 11.3 Å². The first kappa shape index (κ1) is 33.7. The van der Waals surface area contributed by atoms with Crippen LogP contribution in [0.5, 0.6) is 0 Å². The number of benzene rings is 9. The number of aromatic nitrogens is 4. The van der Waals surface area contributed by atoms with E-state index in [4.69, 9.17) is 14.4 Å². The van der Waals surface area contributed by atoms with Crippen molar-refractivity contribution in [2.45, 2.75) is 0 Å². The minimum Gasteiger partial charge on any atom is -0.454 e. The van der Waals surface area contributed by atoms with Crippen LogP contribution in [0.4, 0.5) is 0 Å². The molecule has 0 aliphatic rings. The van der Waals surface area contributed by atoms with Crippen LogP contribution in [0.2, 0.25) is 0 Å². The number of nitrogens with zero attached hydrogens (tertiary/aromatic N) is 4. The third-order valence-corrected chi connectivity index (χ3v) is 13.9. The number of hydrogen-bond acceptors (Lipinski definition) is 4. The second kappa shape index (κ2) is 12.7. The summed E-state index contributed by atoms with van der Waals surface area (Å²) < 4.78 is 14.1. The minimum absolute atomic E-state index is 0.598. The highest BCUT2D eigenvalue weighted by atomic mass is 32.1. The van der Waals surface area contributed by atoms with Crippen molar-refractivity contribution in [1.29, 1.82) is 0 Å². The van der Waals surface area contributed by atoms with E-state index in [0.717, 1.165) is 82.7 Å². The van der Waals surface area contributed by atoms with Crippen LogP contribution in [0, 0.1) is 0 Å². The van der Waals surface area contributed by atoms with Crippen molar-refractivity contribution < 1.29 is 4.42 Å². The second-order valence-electron chi connectivity index (χ2n) is 16.1. The van der Waals surface area contributed by atoms with Gasteiger partial charge < -0.3 is 8.98 Å². The lowest BCUT2D eigenvalue weighted by atomic mass is 9.95. The van der Waals surface area contributed by atoms with E-state index in [9.17, 15) is 0 Å². The van der Waals surface area contributed by atoms with Gasteiger partial charge in [0.05, 0.1) is 27.8 Å². The number of hydrogen-bond donors (Lipinski definition) is 0. The van der Waals surface area contributed by atoms with Crippen LogP contribution in [-0.4, -0.2) is 19.1 Å². The molecule has 0 N–H and O–H groups in total. The molecule has 62 heavy (non-hydrogen) atoms. The van der Waals surface area contributed by atoms with Gasteiger partial charge in [0.2, 0.25) is 5.95 Å². The molecule has 0 atom stereocenters. The van der Waals surface area contributed by atoms with Gasteiger partial charge in [-0.3, -0.25) is 4.57 Å². The Morgan fingerprint density at radius 2 is 1.06 bits per heavy atom. The van der Waals surface area contributed by atoms with Crippen molar-refractivity contribution in [3.05, 3.63) is 194 Å². The molecule has 0 bridgehead atoms. The van der Waals surface area contributed by atoms with E-state index in [1.165, 1.54) is 42.0 Å². The molecule has 5 aromatic heterocycles. The molecule has 5 heterocycles. The van der Waals surface area contributed by atoms with Crippen molar-refractivity contribution in [1.82, 2.24) is 19.1 Å². The molecule has 5 nitrogen and oxygen atoms in total. The Labute approximate surface area is 358 Å². The fraction of sp³-hybridized carbons (Fsp3) is 0. The average molecular weight is 809 g/mol. The molecule has 0 spiro atoms. The van der Waals surface area contributed by atoms with Gasteiger partial charge >= 0.3 is 0 Å². The van der Waals surface area contributed by atoms with Crippen molar-refractivity contribution in [3.8, 4) is 34.0 Å². The standard InChI is InChI=1S/C56H32N4OS/c1-2-14-35(15-3-1)59-46-22-10-5-16-36(46)42-30-33(26-28-48(42)59)41-32-44-37-17-7-12-24-49(37)61-55(44)54-52(41)40-20-6-11-23-47(40)60(54)56-57-45-21-9-4-19-39(45)53(58-56)34-27-29-51-43(31-34)38-18-8-13-25-50(38)62-51/h1-32H. The summed E-state index contributed by atoms with van der Waals surface area (Å²) in [6.07, 6.45) is 0. The topological polar surface area (TPSA) is 48.8 Å². The van der Waals surface area contributed by atoms with Crippen LogP contribution in [0.3, 0.4) is 0 Å². The average Bonchev–Trinajstić information content (AvgIpc) is 4.09. The van der Waals surface area contributed by atoms with Crippen LogP contribution < -0.4 is 0 Å². The number of furan rings is 1. The van der Waals surface area contributed by atoms with E-state index in [2.05, 4.69) is 197 Å². The number of para-hydroxylation sites is 5. The normalized spacial score (nSPS) is 12.2. The molecule has 288 valence electrons. The molecule has 0 aliphatic carbocycles. The molecule has 9 aromatic carbocycles. The zero-order valence-electron chi connectivity index (χ0n) is 33.1. The predicted octanol–water partition coefficient (Wildman–Crippen LogP) is 15.4. The lowest BCUT2D eigenvalue weighted by Gasteiger charge is -2.13. The Balaban J connectivity index is 1.09. The minimum atomic E-state index is 0.598. The third-order valence-electron chi connectivity index (χ3n) is 12.7. The second-order valence-corrected chi connectivity index (χ2v) is 17.2. The van der Waals surface area contributed by atoms with Crippen molar-refractivity contribution in [2.24, 2.45) is 0 Å². The highest BCUT2D eigenvalue weighted by Crippen LogP contribution is 2.47. The molecule has 14 rings (SSSR count). The monoisotopic (exact) mass is 808 g/mol. The molecule has 0 saturated carbocycles. The van der Waals surface area contributed by atoms with Crippen LogP contribution in [0.15, 0.2) is 199 Å². The molecule has 14 aromatic rings. The van der Waals surface area contributed by atoms with E-state index >= 15 is 0 Å². The molecule has 0 amide bonds. The van der Waals surface area contributed by atoms with Gasteiger partial charge in [-0.1, -0.05) is 121 Å². The summed E-state index contributed by atoms with van der Waals surface area (Å²) in [5, 5.41) is 10.3. The third kappa shape index (κ3) is 4.72. The van der Waals surface area contributed by atoms with Gasteiger partial charge in [-0.05, 0) is 83.9 Å². The SMILES string of the molecule is c1ccc(-n2c3ccccc3c3cc(-c4cc5c6ccccc6oc5c5c4c4ccccc4n5-c4nc(-c5ccc6sc7ccccc7c6c5)c5ccccc5n4)ccc32)cc1. The highest BCUT2D eigenvalue weighted by Gasteiger charge is 2.25. The largest absolute Gasteiger partial charge is 0.454 e. The van der Waals surface area contributed by atoms with Crippen LogP contribution in [-0.2, 0) is 0 Å². The lowest BCUT2D eigenvalue weighted by Crippen LogP contribution is -2.03. The molecule has 0 saturated heterocycles. The summed E-state index contributed by atoms with van der Waals surface area (Å²) in [6, 6.07) is 69.4. The molecule has 0 fully saturated rings. The van der Waals surface area contributed by atoms with E-state index < -0.39 is 0 Å². The van der Waals surface area contributed by atoms with E-state index in [1.54, 1.807) is 0 Å². The van der Waals surface area contributed by atoms with Crippen molar-refractivity contribution >= 4 is 108 Å². The summed E-state index contributed by atoms with van der Waals surface area (Å²) in [6.45, 7) is 0. The molecule has 6 heteroatoms. The highest BCUT2D eigenvalue weighted by molar-refractivity contribution is 7.25. The van der Waals surface area contributed by atoms with Gasteiger partial charge in [-0.25, -0.2) is 9.97 Å². The summed E-state index contributed by atoms with van der Waals surface area (Å²) in [5.74, 6) is 0.598. The van der Waals surface area contributed by atoms with Crippen molar-refractivity contribution in [2.75, 3.05) is 0 Å². The first-order chi connectivity index (χ1) is 30.7. The Hall–Kier alpha value is -8.06. The van der Waals surface area contributed by atoms with Gasteiger partial charge in [0.15, 0.2) is 5.58 Å². The summed E-state index contributed by atoms with van der Waals surface area (Å²) in [5.41, 5.74) is 12.2. The van der Waals surface area contributed by atoms with Crippen LogP contribution in [0.1, 0.15) is 0 Å². The maximum Gasteiger partial charge on any atom is 0.235 e. The summed E-state index contributed by atoms with van der Waals surface area (Å²) in [4.78, 5) is 11.0. The van der Waals surface area contributed by atoms with E-state index in [-0.39, 0.29) is 0 Å².